The topological polar surface area (TPSA) is 79.4 Å². The maximum atomic E-state index is 12.9. The zero-order chi connectivity index (χ0) is 16.1. The Morgan fingerprint density at radius 2 is 2.18 bits per heavy atom. The number of rotatable bonds is 5. The van der Waals surface area contributed by atoms with E-state index in [9.17, 15) is 14.4 Å². The van der Waals surface area contributed by atoms with Crippen LogP contribution in [-0.4, -0.2) is 27.3 Å². The van der Waals surface area contributed by atoms with E-state index in [1.54, 1.807) is 37.4 Å². The summed E-state index contributed by atoms with van der Waals surface area (Å²) in [5.41, 5.74) is 5.97. The van der Waals surface area contributed by atoms with Crippen LogP contribution in [0, 0.1) is 5.82 Å². The van der Waals surface area contributed by atoms with E-state index in [1.807, 2.05) is 0 Å². The van der Waals surface area contributed by atoms with Gasteiger partial charge < -0.3 is 5.73 Å². The Labute approximate surface area is 131 Å². The van der Waals surface area contributed by atoms with E-state index in [4.69, 9.17) is 5.73 Å². The molecule has 0 saturated heterocycles. The molecule has 7 heteroatoms. The van der Waals surface area contributed by atoms with E-state index in [-0.39, 0.29) is 5.82 Å². The van der Waals surface area contributed by atoms with Gasteiger partial charge in [0.15, 0.2) is 0 Å². The van der Waals surface area contributed by atoms with Gasteiger partial charge in [0.1, 0.15) is 10.8 Å². The number of hydrogen-bond donors (Lipinski definition) is 2. The average Bonchev–Trinajstić information content (AvgIpc) is 2.94. The number of urea groups is 1. The molecule has 2 rings (SSSR count). The number of nitrogens with zero attached hydrogens (tertiary/aromatic N) is 2. The summed E-state index contributed by atoms with van der Waals surface area (Å²) in [5.74, 6) is -0.256. The molecule has 0 saturated carbocycles. The fourth-order valence-electron chi connectivity index (χ4n) is 1.79. The van der Waals surface area contributed by atoms with Gasteiger partial charge in [-0.3, -0.25) is 5.21 Å². The molecule has 0 bridgehead atoms. The lowest BCUT2D eigenvalue weighted by atomic mass is 10.1. The summed E-state index contributed by atoms with van der Waals surface area (Å²) in [5, 5.41) is 10.6. The Morgan fingerprint density at radius 3 is 2.82 bits per heavy atom. The lowest BCUT2D eigenvalue weighted by molar-refractivity contribution is -0.0560. The summed E-state index contributed by atoms with van der Waals surface area (Å²) >= 11 is 1.49. The van der Waals surface area contributed by atoms with Gasteiger partial charge in [0, 0.05) is 17.5 Å². The number of thiazole rings is 1. The number of benzene rings is 1. The number of nitrogens with two attached hydrogens (primary N) is 1. The second-order valence-corrected chi connectivity index (χ2v) is 5.90. The lowest BCUT2D eigenvalue weighted by Crippen LogP contribution is -2.38. The molecule has 0 spiro atoms. The highest BCUT2D eigenvalue weighted by atomic mass is 32.1. The zero-order valence-corrected chi connectivity index (χ0v) is 12.8. The molecule has 0 radical (unpaired) electrons. The minimum absolute atomic E-state index is 0.256. The first-order valence-corrected chi connectivity index (χ1v) is 7.42. The summed E-state index contributed by atoms with van der Waals surface area (Å²) in [7, 11) is 0. The number of primary amides is 1. The van der Waals surface area contributed by atoms with Gasteiger partial charge in [0.05, 0.1) is 6.04 Å². The van der Waals surface area contributed by atoms with Gasteiger partial charge >= 0.3 is 6.03 Å². The Morgan fingerprint density at radius 1 is 1.50 bits per heavy atom. The summed E-state index contributed by atoms with van der Waals surface area (Å²) in [6.07, 6.45) is 5.78. The molecule has 0 fully saturated rings. The quantitative estimate of drug-likeness (QED) is 0.656. The Hall–Kier alpha value is -2.25. The highest BCUT2D eigenvalue weighted by Gasteiger charge is 2.11. The fourth-order valence-corrected chi connectivity index (χ4v) is 2.65. The van der Waals surface area contributed by atoms with E-state index in [1.165, 1.54) is 23.5 Å². The van der Waals surface area contributed by atoms with E-state index in [0.29, 0.717) is 11.5 Å². The molecule has 0 aliphatic heterocycles. The number of aromatic nitrogens is 1. The third kappa shape index (κ3) is 4.37. The number of halogens is 1. The van der Waals surface area contributed by atoms with Crippen molar-refractivity contribution < 1.29 is 14.4 Å². The average molecular weight is 321 g/mol. The van der Waals surface area contributed by atoms with Crippen molar-refractivity contribution in [3.8, 4) is 0 Å². The van der Waals surface area contributed by atoms with Crippen LogP contribution in [0.15, 0.2) is 36.5 Å². The number of hydroxylamine groups is 2. The van der Waals surface area contributed by atoms with Crippen LogP contribution in [0.1, 0.15) is 22.4 Å². The second kappa shape index (κ2) is 7.15. The number of carbonyl (C=O) groups excluding carboxylic acids is 1. The Kier molecular flexibility index (Phi) is 5.24. The van der Waals surface area contributed by atoms with Gasteiger partial charge in [-0.15, -0.1) is 11.3 Å². The van der Waals surface area contributed by atoms with Gasteiger partial charge in [-0.1, -0.05) is 18.2 Å². The molecule has 116 valence electrons. The van der Waals surface area contributed by atoms with Crippen molar-refractivity contribution in [2.45, 2.75) is 19.4 Å². The monoisotopic (exact) mass is 321 g/mol. The van der Waals surface area contributed by atoms with Crippen molar-refractivity contribution in [1.82, 2.24) is 10.0 Å². The highest BCUT2D eigenvalue weighted by molar-refractivity contribution is 7.12. The van der Waals surface area contributed by atoms with Crippen molar-refractivity contribution in [2.75, 3.05) is 0 Å². The van der Waals surface area contributed by atoms with Crippen LogP contribution in [0.5, 0.6) is 0 Å². The molecule has 1 atom stereocenters. The SMILES string of the molecule is CC(/C=C/c1ncc(Cc2ccc(F)cc2)s1)N(O)C(N)=O. The minimum Gasteiger partial charge on any atom is -0.350 e. The molecule has 1 aromatic carbocycles. The van der Waals surface area contributed by atoms with Crippen LogP contribution >= 0.6 is 11.3 Å². The first kappa shape index (κ1) is 16.1. The van der Waals surface area contributed by atoms with Gasteiger partial charge in [-0.25, -0.2) is 14.2 Å². The summed E-state index contributed by atoms with van der Waals surface area (Å²) < 4.78 is 12.9. The van der Waals surface area contributed by atoms with Crippen LogP contribution in [-0.2, 0) is 6.42 Å². The van der Waals surface area contributed by atoms with E-state index >= 15 is 0 Å². The first-order valence-electron chi connectivity index (χ1n) is 6.60. The van der Waals surface area contributed by atoms with Gasteiger partial charge in [0.25, 0.3) is 0 Å². The summed E-state index contributed by atoms with van der Waals surface area (Å²) in [6.45, 7) is 1.63. The predicted molar refractivity (Wildman–Crippen MR) is 83.0 cm³/mol. The summed E-state index contributed by atoms with van der Waals surface area (Å²) in [6, 6.07) is 4.89. The van der Waals surface area contributed by atoms with Crippen molar-refractivity contribution in [2.24, 2.45) is 5.73 Å². The third-order valence-corrected chi connectivity index (χ3v) is 3.95. The zero-order valence-electron chi connectivity index (χ0n) is 11.9. The largest absolute Gasteiger partial charge is 0.350 e. The van der Waals surface area contributed by atoms with Crippen molar-refractivity contribution in [3.05, 3.63) is 57.8 Å². The van der Waals surface area contributed by atoms with Crippen LogP contribution in [0.25, 0.3) is 6.08 Å². The Bertz CT molecular complexity index is 670. The van der Waals surface area contributed by atoms with Crippen LogP contribution in [0.4, 0.5) is 9.18 Å². The second-order valence-electron chi connectivity index (χ2n) is 4.75. The van der Waals surface area contributed by atoms with Crippen LogP contribution in [0.2, 0.25) is 0 Å². The minimum atomic E-state index is -0.909. The molecule has 0 aliphatic rings. The van der Waals surface area contributed by atoms with Gasteiger partial charge in [-0.05, 0) is 30.7 Å². The molecular weight excluding hydrogens is 305 g/mol. The Balaban J connectivity index is 1.99. The molecule has 2 aromatic rings. The van der Waals surface area contributed by atoms with Crippen molar-refractivity contribution >= 4 is 23.4 Å². The molecule has 0 aliphatic carbocycles. The molecule has 1 aromatic heterocycles. The predicted octanol–water partition coefficient (Wildman–Crippen LogP) is 3.04. The van der Waals surface area contributed by atoms with E-state index in [2.05, 4.69) is 4.98 Å². The van der Waals surface area contributed by atoms with Crippen molar-refractivity contribution in [3.63, 3.8) is 0 Å². The maximum Gasteiger partial charge on any atom is 0.339 e. The molecule has 1 unspecified atom stereocenters. The normalized spacial score (nSPS) is 12.5. The third-order valence-electron chi connectivity index (χ3n) is 2.99. The smallest absolute Gasteiger partial charge is 0.339 e. The van der Waals surface area contributed by atoms with Crippen LogP contribution < -0.4 is 5.73 Å². The van der Waals surface area contributed by atoms with Gasteiger partial charge in [0.2, 0.25) is 0 Å². The van der Waals surface area contributed by atoms with Gasteiger partial charge in [-0.2, -0.15) is 5.06 Å². The molecule has 22 heavy (non-hydrogen) atoms. The lowest BCUT2D eigenvalue weighted by Gasteiger charge is -2.16. The fraction of sp³-hybridized carbons (Fsp3) is 0.200. The number of carbonyl (C=O) groups is 1. The molecular formula is C15H16FN3O2S. The molecule has 5 nitrogen and oxygen atoms in total. The van der Waals surface area contributed by atoms with Crippen molar-refractivity contribution in [1.29, 1.82) is 0 Å². The molecule has 2 amide bonds. The number of amides is 2. The van der Waals surface area contributed by atoms with Crippen LogP contribution in [0.3, 0.4) is 0 Å². The number of hydrogen-bond acceptors (Lipinski definition) is 4. The maximum absolute atomic E-state index is 12.9. The molecule has 3 N–H and O–H groups in total. The van der Waals surface area contributed by atoms with E-state index < -0.39 is 12.1 Å². The standard InChI is InChI=1S/C15H16FN3O2S/c1-10(19(21)15(17)20)2-7-14-18-9-13(22-14)8-11-3-5-12(16)6-4-11/h2-7,9-10,21H,8H2,1H3,(H2,17,20)/b7-2+. The molecule has 1 heterocycles. The summed E-state index contributed by atoms with van der Waals surface area (Å²) in [4.78, 5) is 16.1. The first-order chi connectivity index (χ1) is 10.5. The van der Waals surface area contributed by atoms with E-state index in [0.717, 1.165) is 15.4 Å². The highest BCUT2D eigenvalue weighted by Crippen LogP contribution is 2.19.